The van der Waals surface area contributed by atoms with Gasteiger partial charge in [0.1, 0.15) is 0 Å². The van der Waals surface area contributed by atoms with E-state index in [-0.39, 0.29) is 0 Å². The first kappa shape index (κ1) is 11.8. The zero-order chi connectivity index (χ0) is 11.5. The molecule has 5 heteroatoms. The minimum Gasteiger partial charge on any atom is -0.375 e. The molecule has 1 aromatic rings. The first-order valence-corrected chi connectivity index (χ1v) is 6.42. The van der Waals surface area contributed by atoms with Gasteiger partial charge >= 0.3 is 0 Å². The lowest BCUT2D eigenvalue weighted by molar-refractivity contribution is -0.105. The number of nitrogens with zero attached hydrogens (tertiary/aromatic N) is 1. The van der Waals surface area contributed by atoms with Crippen LogP contribution in [0.15, 0.2) is 6.20 Å². The maximum absolute atomic E-state index is 5.86. The third-order valence-corrected chi connectivity index (χ3v) is 3.49. The van der Waals surface area contributed by atoms with Crippen LogP contribution in [0.3, 0.4) is 0 Å². The second-order valence-corrected chi connectivity index (χ2v) is 5.47. The van der Waals surface area contributed by atoms with Gasteiger partial charge in [0.05, 0.1) is 29.8 Å². The quantitative estimate of drug-likeness (QED) is 0.882. The number of nitrogens with two attached hydrogens (primary N) is 1. The van der Waals surface area contributed by atoms with E-state index in [1.54, 1.807) is 6.20 Å². The van der Waals surface area contributed by atoms with E-state index in [0.717, 1.165) is 17.7 Å². The van der Waals surface area contributed by atoms with Crippen LogP contribution in [0.4, 0.5) is 5.13 Å². The van der Waals surface area contributed by atoms with Gasteiger partial charge in [0.25, 0.3) is 0 Å². The summed E-state index contributed by atoms with van der Waals surface area (Å²) in [5.41, 5.74) is 5.56. The summed E-state index contributed by atoms with van der Waals surface area (Å²) in [7, 11) is 0. The maximum atomic E-state index is 5.86. The van der Waals surface area contributed by atoms with Gasteiger partial charge in [-0.3, -0.25) is 0 Å². The fourth-order valence-electron chi connectivity index (χ4n) is 2.07. The molecule has 1 aliphatic rings. The molecular weight excluding hydrogens is 224 g/mol. The van der Waals surface area contributed by atoms with Crippen molar-refractivity contribution in [2.45, 2.75) is 51.6 Å². The topological polar surface area (TPSA) is 57.4 Å². The van der Waals surface area contributed by atoms with Crippen LogP contribution in [0.2, 0.25) is 0 Å². The number of nitrogen functional groups attached to an aromatic ring is 1. The van der Waals surface area contributed by atoms with E-state index in [2.05, 4.69) is 18.8 Å². The fraction of sp³-hybridized carbons (Fsp3) is 0.727. The smallest absolute Gasteiger partial charge is 0.180 e. The summed E-state index contributed by atoms with van der Waals surface area (Å²) < 4.78 is 11.5. The predicted molar refractivity (Wildman–Crippen MR) is 64.3 cm³/mol. The summed E-state index contributed by atoms with van der Waals surface area (Å²) in [6, 6.07) is 0. The number of thiazole rings is 1. The van der Waals surface area contributed by atoms with Crippen molar-refractivity contribution in [1.82, 2.24) is 4.98 Å². The van der Waals surface area contributed by atoms with Crippen molar-refractivity contribution < 1.29 is 9.47 Å². The van der Waals surface area contributed by atoms with Crippen molar-refractivity contribution in [2.24, 2.45) is 0 Å². The lowest BCUT2D eigenvalue weighted by Gasteiger charge is -2.31. The Hall–Kier alpha value is -0.650. The first-order valence-electron chi connectivity index (χ1n) is 5.60. The molecule has 2 atom stereocenters. The average Bonchev–Trinajstić information content (AvgIpc) is 2.60. The van der Waals surface area contributed by atoms with Gasteiger partial charge in [0, 0.05) is 6.20 Å². The van der Waals surface area contributed by atoms with Gasteiger partial charge in [0.15, 0.2) is 5.13 Å². The molecular formula is C11H18N2O2S. The van der Waals surface area contributed by atoms with E-state index in [0.29, 0.717) is 30.1 Å². The Balaban J connectivity index is 1.81. The number of rotatable bonds is 3. The van der Waals surface area contributed by atoms with Crippen LogP contribution >= 0.6 is 11.3 Å². The number of aromatic nitrogens is 1. The standard InChI is InChI=1S/C11H18N2O2S/c1-7-3-9(4-8(2)15-7)14-6-10-5-13-11(12)16-10/h5,7-9H,3-4,6H2,1-2H3,(H2,12,13). The van der Waals surface area contributed by atoms with Crippen molar-refractivity contribution in [3.63, 3.8) is 0 Å². The molecule has 16 heavy (non-hydrogen) atoms. The van der Waals surface area contributed by atoms with Gasteiger partial charge in [-0.05, 0) is 26.7 Å². The third-order valence-electron chi connectivity index (χ3n) is 2.69. The second kappa shape index (κ2) is 5.12. The third kappa shape index (κ3) is 3.17. The largest absolute Gasteiger partial charge is 0.375 e. The molecule has 1 fully saturated rings. The lowest BCUT2D eigenvalue weighted by atomic mass is 10.0. The molecule has 0 bridgehead atoms. The highest BCUT2D eigenvalue weighted by atomic mass is 32.1. The molecule has 0 radical (unpaired) electrons. The minimum atomic E-state index is 0.292. The summed E-state index contributed by atoms with van der Waals surface area (Å²) >= 11 is 1.49. The molecule has 2 unspecified atom stereocenters. The van der Waals surface area contributed by atoms with Gasteiger partial charge in [0.2, 0.25) is 0 Å². The van der Waals surface area contributed by atoms with E-state index in [1.165, 1.54) is 11.3 Å². The number of hydrogen-bond donors (Lipinski definition) is 1. The van der Waals surface area contributed by atoms with E-state index >= 15 is 0 Å². The summed E-state index contributed by atoms with van der Waals surface area (Å²) in [6.45, 7) is 4.80. The van der Waals surface area contributed by atoms with Gasteiger partial charge in [-0.2, -0.15) is 0 Å². The molecule has 0 aromatic carbocycles. The molecule has 2 N–H and O–H groups in total. The van der Waals surface area contributed by atoms with Crippen LogP contribution < -0.4 is 5.73 Å². The zero-order valence-corrected chi connectivity index (χ0v) is 10.5. The monoisotopic (exact) mass is 242 g/mol. The number of ether oxygens (including phenoxy) is 2. The van der Waals surface area contributed by atoms with Gasteiger partial charge < -0.3 is 15.2 Å². The zero-order valence-electron chi connectivity index (χ0n) is 9.68. The Bertz CT molecular complexity index is 332. The Morgan fingerprint density at radius 1 is 1.50 bits per heavy atom. The SMILES string of the molecule is CC1CC(OCc2cnc(N)s2)CC(C)O1. The van der Waals surface area contributed by atoms with Gasteiger partial charge in [-0.1, -0.05) is 11.3 Å². The second-order valence-electron chi connectivity index (χ2n) is 4.33. The highest BCUT2D eigenvalue weighted by molar-refractivity contribution is 7.15. The summed E-state index contributed by atoms with van der Waals surface area (Å²) in [5.74, 6) is 0. The fourth-order valence-corrected chi connectivity index (χ4v) is 2.68. The van der Waals surface area contributed by atoms with Crippen LogP contribution in [0, 0.1) is 0 Å². The molecule has 0 aliphatic carbocycles. The van der Waals surface area contributed by atoms with E-state index < -0.39 is 0 Å². The van der Waals surface area contributed by atoms with Crippen LogP contribution in [0.25, 0.3) is 0 Å². The molecule has 0 spiro atoms. The van der Waals surface area contributed by atoms with Gasteiger partial charge in [-0.15, -0.1) is 0 Å². The molecule has 0 amide bonds. The van der Waals surface area contributed by atoms with Crippen molar-refractivity contribution in [2.75, 3.05) is 5.73 Å². The van der Waals surface area contributed by atoms with Crippen LogP contribution in [0.5, 0.6) is 0 Å². The Morgan fingerprint density at radius 2 is 2.19 bits per heavy atom. The van der Waals surface area contributed by atoms with Crippen molar-refractivity contribution >= 4 is 16.5 Å². The predicted octanol–water partition coefficient (Wildman–Crippen LogP) is 2.20. The molecule has 1 aromatic heterocycles. The molecule has 2 rings (SSSR count). The highest BCUT2D eigenvalue weighted by Gasteiger charge is 2.24. The molecule has 1 saturated heterocycles. The maximum Gasteiger partial charge on any atom is 0.180 e. The van der Waals surface area contributed by atoms with Crippen LogP contribution in [-0.4, -0.2) is 23.3 Å². The molecule has 0 saturated carbocycles. The highest BCUT2D eigenvalue weighted by Crippen LogP contribution is 2.23. The summed E-state index contributed by atoms with van der Waals surface area (Å²) in [4.78, 5) is 5.09. The van der Waals surface area contributed by atoms with Crippen LogP contribution in [0.1, 0.15) is 31.6 Å². The molecule has 90 valence electrons. The Kier molecular flexibility index (Phi) is 3.78. The van der Waals surface area contributed by atoms with E-state index in [9.17, 15) is 0 Å². The molecule has 4 nitrogen and oxygen atoms in total. The van der Waals surface area contributed by atoms with Crippen molar-refractivity contribution in [3.05, 3.63) is 11.1 Å². The minimum absolute atomic E-state index is 0.292. The number of anilines is 1. The Morgan fingerprint density at radius 3 is 2.75 bits per heavy atom. The molecule has 1 aliphatic heterocycles. The van der Waals surface area contributed by atoms with E-state index in [4.69, 9.17) is 15.2 Å². The summed E-state index contributed by atoms with van der Waals surface area (Å²) in [6.07, 6.45) is 4.60. The van der Waals surface area contributed by atoms with Crippen molar-refractivity contribution in [3.8, 4) is 0 Å². The van der Waals surface area contributed by atoms with Gasteiger partial charge in [-0.25, -0.2) is 4.98 Å². The average molecular weight is 242 g/mol. The normalized spacial score (nSPS) is 30.5. The molecule has 2 heterocycles. The lowest BCUT2D eigenvalue weighted by Crippen LogP contribution is -2.33. The number of hydrogen-bond acceptors (Lipinski definition) is 5. The summed E-state index contributed by atoms with van der Waals surface area (Å²) in [5, 5.41) is 0.604. The van der Waals surface area contributed by atoms with Crippen molar-refractivity contribution in [1.29, 1.82) is 0 Å². The van der Waals surface area contributed by atoms with E-state index in [1.807, 2.05) is 0 Å². The Labute approximate surface area is 99.8 Å². The van der Waals surface area contributed by atoms with Crippen LogP contribution in [-0.2, 0) is 16.1 Å². The first-order chi connectivity index (χ1) is 7.63.